The van der Waals surface area contributed by atoms with E-state index in [9.17, 15) is 0 Å². The molecule has 0 aromatic carbocycles. The number of guanidine groups is 1. The van der Waals surface area contributed by atoms with Gasteiger partial charge in [0.1, 0.15) is 0 Å². The van der Waals surface area contributed by atoms with Crippen molar-refractivity contribution in [3.05, 3.63) is 11.1 Å². The quantitative estimate of drug-likeness (QED) is 0.445. The molecule has 27 heavy (non-hydrogen) atoms. The molecule has 154 valence electrons. The highest BCUT2D eigenvalue weighted by Gasteiger charge is 2.15. The number of nitrogens with zero attached hydrogens (tertiary/aromatic N) is 3. The SMILES string of the molecule is CCNC(=NCCC(OCC)C(C)C)NCCc1csc(N2CCCC2)n1. The minimum Gasteiger partial charge on any atom is -0.378 e. The molecule has 0 amide bonds. The molecular weight excluding hydrogens is 358 g/mol. The van der Waals surface area contributed by atoms with Crippen LogP contribution in [0.1, 0.15) is 52.7 Å². The summed E-state index contributed by atoms with van der Waals surface area (Å²) < 4.78 is 5.81. The molecule has 1 unspecified atom stereocenters. The third-order valence-corrected chi connectivity index (χ3v) is 5.69. The van der Waals surface area contributed by atoms with E-state index in [0.717, 1.165) is 58.1 Å². The molecule has 0 radical (unpaired) electrons. The van der Waals surface area contributed by atoms with Crippen LogP contribution in [0.2, 0.25) is 0 Å². The molecule has 0 saturated carbocycles. The highest BCUT2D eigenvalue weighted by atomic mass is 32.1. The average Bonchev–Trinajstić information content (AvgIpc) is 3.32. The third kappa shape index (κ3) is 7.66. The molecule has 6 nitrogen and oxygen atoms in total. The van der Waals surface area contributed by atoms with Gasteiger partial charge in [-0.1, -0.05) is 13.8 Å². The van der Waals surface area contributed by atoms with Gasteiger partial charge in [0, 0.05) is 51.1 Å². The Morgan fingerprint density at radius 1 is 1.30 bits per heavy atom. The van der Waals surface area contributed by atoms with Gasteiger partial charge >= 0.3 is 0 Å². The monoisotopic (exact) mass is 395 g/mol. The predicted octanol–water partition coefficient (Wildman–Crippen LogP) is 3.29. The molecule has 2 N–H and O–H groups in total. The van der Waals surface area contributed by atoms with Crippen LogP contribution < -0.4 is 15.5 Å². The smallest absolute Gasteiger partial charge is 0.191 e. The zero-order valence-corrected chi connectivity index (χ0v) is 18.3. The van der Waals surface area contributed by atoms with Crippen molar-refractivity contribution in [3.8, 4) is 0 Å². The van der Waals surface area contributed by atoms with Gasteiger partial charge in [0.25, 0.3) is 0 Å². The number of thiazole rings is 1. The van der Waals surface area contributed by atoms with Gasteiger partial charge in [-0.15, -0.1) is 11.3 Å². The summed E-state index contributed by atoms with van der Waals surface area (Å²) in [4.78, 5) is 11.9. The normalized spacial score (nSPS) is 16.2. The fraction of sp³-hybridized carbons (Fsp3) is 0.800. The number of anilines is 1. The fourth-order valence-electron chi connectivity index (χ4n) is 3.24. The van der Waals surface area contributed by atoms with E-state index < -0.39 is 0 Å². The van der Waals surface area contributed by atoms with Crippen LogP contribution in [0.25, 0.3) is 0 Å². The van der Waals surface area contributed by atoms with Crippen molar-refractivity contribution in [1.29, 1.82) is 0 Å². The summed E-state index contributed by atoms with van der Waals surface area (Å²) in [6.07, 6.45) is 4.73. The second-order valence-corrected chi connectivity index (χ2v) is 8.12. The predicted molar refractivity (Wildman–Crippen MR) is 116 cm³/mol. The Hall–Kier alpha value is -1.34. The number of aromatic nitrogens is 1. The highest BCUT2D eigenvalue weighted by molar-refractivity contribution is 7.13. The van der Waals surface area contributed by atoms with Crippen LogP contribution in [0.5, 0.6) is 0 Å². The number of rotatable bonds is 11. The van der Waals surface area contributed by atoms with E-state index in [2.05, 4.69) is 48.6 Å². The van der Waals surface area contributed by atoms with E-state index in [1.165, 1.54) is 23.7 Å². The minimum absolute atomic E-state index is 0.278. The molecule has 0 spiro atoms. The molecule has 1 saturated heterocycles. The number of ether oxygens (including phenoxy) is 1. The summed E-state index contributed by atoms with van der Waals surface area (Å²) in [6, 6.07) is 0. The highest BCUT2D eigenvalue weighted by Crippen LogP contribution is 2.24. The lowest BCUT2D eigenvalue weighted by Gasteiger charge is -2.20. The first kappa shape index (κ1) is 22.0. The number of aliphatic imine (C=N–C) groups is 1. The van der Waals surface area contributed by atoms with Crippen molar-refractivity contribution >= 4 is 22.4 Å². The zero-order chi connectivity index (χ0) is 19.5. The Balaban J connectivity index is 1.76. The molecule has 1 atom stereocenters. The van der Waals surface area contributed by atoms with Crippen LogP contribution >= 0.6 is 11.3 Å². The Labute approximate surface area is 168 Å². The van der Waals surface area contributed by atoms with Crippen LogP contribution in [0.15, 0.2) is 10.4 Å². The van der Waals surface area contributed by atoms with E-state index >= 15 is 0 Å². The molecular formula is C20H37N5OS. The Kier molecular flexibility index (Phi) is 9.91. The molecule has 0 aliphatic carbocycles. The van der Waals surface area contributed by atoms with Crippen molar-refractivity contribution in [3.63, 3.8) is 0 Å². The molecule has 1 fully saturated rings. The first-order chi connectivity index (χ1) is 13.1. The summed E-state index contributed by atoms with van der Waals surface area (Å²) in [5.41, 5.74) is 1.17. The van der Waals surface area contributed by atoms with Crippen LogP contribution in [0.4, 0.5) is 5.13 Å². The van der Waals surface area contributed by atoms with Crippen molar-refractivity contribution in [2.75, 3.05) is 44.2 Å². The van der Waals surface area contributed by atoms with Crippen molar-refractivity contribution in [2.45, 2.75) is 59.5 Å². The van der Waals surface area contributed by atoms with Crippen LogP contribution in [-0.4, -0.2) is 56.4 Å². The molecule has 1 aliphatic heterocycles. The van der Waals surface area contributed by atoms with Gasteiger partial charge in [0.15, 0.2) is 11.1 Å². The first-order valence-corrected chi connectivity index (χ1v) is 11.3. The van der Waals surface area contributed by atoms with Gasteiger partial charge < -0.3 is 20.3 Å². The Morgan fingerprint density at radius 3 is 2.74 bits per heavy atom. The standard InChI is InChI=1S/C20H37N5OS/c1-5-21-19(23-12-10-18(16(3)4)26-6-2)22-11-9-17-15-27-20(24-17)25-13-7-8-14-25/h15-16,18H,5-14H2,1-4H3,(H2,21,22,23). The summed E-state index contributed by atoms with van der Waals surface area (Å²) in [7, 11) is 0. The molecule has 2 rings (SSSR count). The summed E-state index contributed by atoms with van der Waals surface area (Å²) in [6.45, 7) is 14.1. The second-order valence-electron chi connectivity index (χ2n) is 7.28. The summed E-state index contributed by atoms with van der Waals surface area (Å²) in [5.74, 6) is 1.40. The minimum atomic E-state index is 0.278. The largest absolute Gasteiger partial charge is 0.378 e. The summed E-state index contributed by atoms with van der Waals surface area (Å²) >= 11 is 1.77. The first-order valence-electron chi connectivity index (χ1n) is 10.5. The van der Waals surface area contributed by atoms with E-state index in [-0.39, 0.29) is 6.10 Å². The maximum Gasteiger partial charge on any atom is 0.191 e. The van der Waals surface area contributed by atoms with Crippen molar-refractivity contribution in [2.24, 2.45) is 10.9 Å². The number of hydrogen-bond acceptors (Lipinski definition) is 5. The molecule has 1 aliphatic rings. The molecule has 0 bridgehead atoms. The van der Waals surface area contributed by atoms with Gasteiger partial charge in [-0.2, -0.15) is 0 Å². The Bertz CT molecular complexity index is 554. The average molecular weight is 396 g/mol. The Morgan fingerprint density at radius 2 is 2.07 bits per heavy atom. The van der Waals surface area contributed by atoms with E-state index in [1.54, 1.807) is 11.3 Å². The zero-order valence-electron chi connectivity index (χ0n) is 17.5. The van der Waals surface area contributed by atoms with E-state index in [4.69, 9.17) is 14.7 Å². The molecule has 1 aromatic heterocycles. The van der Waals surface area contributed by atoms with Crippen LogP contribution in [0, 0.1) is 5.92 Å². The lowest BCUT2D eigenvalue weighted by molar-refractivity contribution is 0.0266. The van der Waals surface area contributed by atoms with Gasteiger partial charge in [0.05, 0.1) is 11.8 Å². The lowest BCUT2D eigenvalue weighted by Crippen LogP contribution is -2.38. The van der Waals surface area contributed by atoms with Gasteiger partial charge in [-0.3, -0.25) is 4.99 Å². The van der Waals surface area contributed by atoms with Crippen molar-refractivity contribution in [1.82, 2.24) is 15.6 Å². The van der Waals surface area contributed by atoms with Crippen LogP contribution in [-0.2, 0) is 11.2 Å². The lowest BCUT2D eigenvalue weighted by atomic mass is 10.0. The summed E-state index contributed by atoms with van der Waals surface area (Å²) in [5, 5.41) is 10.1. The maximum absolute atomic E-state index is 5.81. The van der Waals surface area contributed by atoms with Gasteiger partial charge in [0.2, 0.25) is 0 Å². The second kappa shape index (κ2) is 12.2. The molecule has 7 heteroatoms. The molecule has 2 heterocycles. The topological polar surface area (TPSA) is 61.8 Å². The third-order valence-electron chi connectivity index (χ3n) is 4.74. The van der Waals surface area contributed by atoms with Gasteiger partial charge in [-0.25, -0.2) is 4.98 Å². The van der Waals surface area contributed by atoms with Gasteiger partial charge in [-0.05, 0) is 39.0 Å². The van der Waals surface area contributed by atoms with Crippen molar-refractivity contribution < 1.29 is 4.74 Å². The fourth-order valence-corrected chi connectivity index (χ4v) is 4.16. The van der Waals surface area contributed by atoms with Crippen LogP contribution in [0.3, 0.4) is 0 Å². The van der Waals surface area contributed by atoms with E-state index in [0.29, 0.717) is 5.92 Å². The maximum atomic E-state index is 5.81. The number of nitrogens with one attached hydrogen (secondary N) is 2. The van der Waals surface area contributed by atoms with E-state index in [1.807, 2.05) is 0 Å². The number of hydrogen-bond donors (Lipinski definition) is 2. The molecule has 1 aromatic rings.